The van der Waals surface area contributed by atoms with Crippen LogP contribution in [-0.4, -0.2) is 58.1 Å². The average molecular weight is 445 g/mol. The molecule has 1 N–H and O–H groups in total. The predicted molar refractivity (Wildman–Crippen MR) is 122 cm³/mol. The van der Waals surface area contributed by atoms with Gasteiger partial charge >= 0.3 is 0 Å². The minimum Gasteiger partial charge on any atom is -0.495 e. The fourth-order valence-electron chi connectivity index (χ4n) is 4.32. The summed E-state index contributed by atoms with van der Waals surface area (Å²) in [4.78, 5) is 11.6. The van der Waals surface area contributed by atoms with Crippen molar-refractivity contribution >= 4 is 35.1 Å². The second-order valence-corrected chi connectivity index (χ2v) is 8.22. The molecule has 166 valence electrons. The molecular formula is C22H29ClN6O2. The fraction of sp³-hybridized carbons (Fsp3) is 0.500. The van der Waals surface area contributed by atoms with Gasteiger partial charge in [-0.3, -0.25) is 0 Å². The molecule has 0 aliphatic carbocycles. The maximum absolute atomic E-state index is 5.88. The summed E-state index contributed by atoms with van der Waals surface area (Å²) >= 11 is 0. The van der Waals surface area contributed by atoms with Crippen LogP contribution in [0.2, 0.25) is 0 Å². The second kappa shape index (κ2) is 9.38. The van der Waals surface area contributed by atoms with Crippen molar-refractivity contribution in [1.82, 2.24) is 24.6 Å². The van der Waals surface area contributed by atoms with Crippen molar-refractivity contribution in [3.05, 3.63) is 35.7 Å². The number of ether oxygens (including phenoxy) is 2. The van der Waals surface area contributed by atoms with Crippen LogP contribution in [0.4, 0.5) is 11.6 Å². The molecule has 5 rings (SSSR count). The maximum atomic E-state index is 5.88. The van der Waals surface area contributed by atoms with E-state index in [1.165, 1.54) is 17.5 Å². The number of fused-ring (bicyclic) bond motifs is 2. The molecule has 2 aliphatic heterocycles. The molecule has 1 saturated heterocycles. The molecule has 0 bridgehead atoms. The molecular weight excluding hydrogens is 416 g/mol. The summed E-state index contributed by atoms with van der Waals surface area (Å²) in [7, 11) is 3.85. The molecule has 0 saturated carbocycles. The highest BCUT2D eigenvalue weighted by Gasteiger charge is 2.19. The maximum Gasteiger partial charge on any atom is 0.229 e. The number of rotatable bonds is 5. The van der Waals surface area contributed by atoms with Crippen LogP contribution >= 0.6 is 12.4 Å². The fourth-order valence-corrected chi connectivity index (χ4v) is 4.32. The monoisotopic (exact) mass is 444 g/mol. The largest absolute Gasteiger partial charge is 0.495 e. The van der Waals surface area contributed by atoms with Crippen LogP contribution in [0.15, 0.2) is 24.5 Å². The molecule has 0 spiro atoms. The number of likely N-dealkylation sites (N-methyl/N-ethyl adjacent to an activating group) is 1. The molecule has 1 atom stereocenters. The lowest BCUT2D eigenvalue weighted by Gasteiger charge is -2.26. The number of nitrogens with one attached hydrogen (secondary N) is 1. The molecule has 0 amide bonds. The Morgan fingerprint density at radius 2 is 2.13 bits per heavy atom. The van der Waals surface area contributed by atoms with Gasteiger partial charge < -0.3 is 19.7 Å². The first kappa shape index (κ1) is 21.8. The van der Waals surface area contributed by atoms with Crippen molar-refractivity contribution in [2.24, 2.45) is 0 Å². The molecule has 2 aliphatic rings. The van der Waals surface area contributed by atoms with Gasteiger partial charge in [-0.2, -0.15) is 10.1 Å². The van der Waals surface area contributed by atoms with Gasteiger partial charge in [0, 0.05) is 25.9 Å². The lowest BCUT2D eigenvalue weighted by atomic mass is 9.99. The zero-order valence-corrected chi connectivity index (χ0v) is 18.8. The highest BCUT2D eigenvalue weighted by molar-refractivity contribution is 5.85. The van der Waals surface area contributed by atoms with E-state index in [0.717, 1.165) is 61.4 Å². The molecule has 8 nitrogen and oxygen atoms in total. The van der Waals surface area contributed by atoms with Gasteiger partial charge in [0.1, 0.15) is 5.75 Å². The van der Waals surface area contributed by atoms with E-state index in [2.05, 4.69) is 39.5 Å². The predicted octanol–water partition coefficient (Wildman–Crippen LogP) is 3.56. The number of benzene rings is 1. The summed E-state index contributed by atoms with van der Waals surface area (Å²) in [6, 6.07) is 4.29. The molecule has 1 fully saturated rings. The van der Waals surface area contributed by atoms with E-state index < -0.39 is 0 Å². The highest BCUT2D eigenvalue weighted by Crippen LogP contribution is 2.33. The van der Waals surface area contributed by atoms with Gasteiger partial charge in [0.05, 0.1) is 37.0 Å². The third-order valence-corrected chi connectivity index (χ3v) is 6.00. The van der Waals surface area contributed by atoms with E-state index in [0.29, 0.717) is 12.5 Å². The van der Waals surface area contributed by atoms with E-state index in [1.54, 1.807) is 7.11 Å². The lowest BCUT2D eigenvalue weighted by molar-refractivity contribution is 0.00464. The number of hydrogen-bond donors (Lipinski definition) is 1. The normalized spacial score (nSPS) is 19.0. The summed E-state index contributed by atoms with van der Waals surface area (Å²) < 4.78 is 13.4. The van der Waals surface area contributed by atoms with Crippen LogP contribution in [0.5, 0.6) is 5.75 Å². The van der Waals surface area contributed by atoms with Crippen molar-refractivity contribution in [2.75, 3.05) is 32.6 Å². The molecule has 1 aromatic carbocycles. The first-order valence-electron chi connectivity index (χ1n) is 10.6. The summed E-state index contributed by atoms with van der Waals surface area (Å²) in [5, 5.41) is 8.80. The van der Waals surface area contributed by atoms with Gasteiger partial charge in [-0.25, -0.2) is 9.67 Å². The zero-order valence-electron chi connectivity index (χ0n) is 18.0. The Morgan fingerprint density at radius 3 is 2.94 bits per heavy atom. The van der Waals surface area contributed by atoms with Gasteiger partial charge in [-0.15, -0.1) is 12.4 Å². The number of hydrogen-bond acceptors (Lipinski definition) is 7. The smallest absolute Gasteiger partial charge is 0.229 e. The van der Waals surface area contributed by atoms with Crippen molar-refractivity contribution in [3.63, 3.8) is 0 Å². The van der Waals surface area contributed by atoms with Crippen LogP contribution in [-0.2, 0) is 24.2 Å². The number of anilines is 2. The standard InChI is InChI=1S/C22H28N6O2.ClH/c1-27-7-6-15-10-20(29-2)19(9-16(15)13-27)25-22-23-11-17-12-24-28(21(17)26-22)14-18-5-3-4-8-30-18;/h9-12,18H,3-8,13-14H2,1-2H3,(H,23,25,26);1H. The van der Waals surface area contributed by atoms with Crippen molar-refractivity contribution in [2.45, 2.75) is 44.9 Å². The number of nitrogens with zero attached hydrogens (tertiary/aromatic N) is 5. The SMILES string of the molecule is COc1cc2c(cc1Nc1ncc3cnn(CC4CCCCO4)c3n1)CN(C)CC2.Cl. The van der Waals surface area contributed by atoms with E-state index in [4.69, 9.17) is 14.5 Å². The lowest BCUT2D eigenvalue weighted by Crippen LogP contribution is -2.26. The first-order valence-corrected chi connectivity index (χ1v) is 10.6. The topological polar surface area (TPSA) is 77.3 Å². The summed E-state index contributed by atoms with van der Waals surface area (Å²) in [6.45, 7) is 3.55. The van der Waals surface area contributed by atoms with Crippen molar-refractivity contribution < 1.29 is 9.47 Å². The van der Waals surface area contributed by atoms with Crippen LogP contribution in [0.3, 0.4) is 0 Å². The molecule has 31 heavy (non-hydrogen) atoms. The zero-order chi connectivity index (χ0) is 20.5. The molecule has 9 heteroatoms. The summed E-state index contributed by atoms with van der Waals surface area (Å²) in [5.41, 5.74) is 4.36. The van der Waals surface area contributed by atoms with E-state index in [1.807, 2.05) is 17.1 Å². The third kappa shape index (κ3) is 4.61. The Bertz CT molecular complexity index is 1050. The molecule has 0 radical (unpaired) electrons. The van der Waals surface area contributed by atoms with E-state index in [9.17, 15) is 0 Å². The van der Waals surface area contributed by atoms with Crippen LogP contribution < -0.4 is 10.1 Å². The highest BCUT2D eigenvalue weighted by atomic mass is 35.5. The van der Waals surface area contributed by atoms with Gasteiger partial charge in [0.2, 0.25) is 5.95 Å². The van der Waals surface area contributed by atoms with E-state index >= 15 is 0 Å². The van der Waals surface area contributed by atoms with Gasteiger partial charge in [0.25, 0.3) is 0 Å². The first-order chi connectivity index (χ1) is 14.7. The molecule has 2 aromatic heterocycles. The van der Waals surface area contributed by atoms with Crippen molar-refractivity contribution in [3.8, 4) is 5.75 Å². The minimum atomic E-state index is 0. The van der Waals surface area contributed by atoms with Crippen LogP contribution in [0.25, 0.3) is 11.0 Å². The van der Waals surface area contributed by atoms with E-state index in [-0.39, 0.29) is 18.5 Å². The average Bonchev–Trinajstić information content (AvgIpc) is 3.16. The Morgan fingerprint density at radius 1 is 1.23 bits per heavy atom. The second-order valence-electron chi connectivity index (χ2n) is 8.22. The molecule has 3 aromatic rings. The molecule has 4 heterocycles. The van der Waals surface area contributed by atoms with Crippen LogP contribution in [0, 0.1) is 0 Å². The quantitative estimate of drug-likeness (QED) is 0.644. The van der Waals surface area contributed by atoms with Gasteiger partial charge in [-0.1, -0.05) is 0 Å². The minimum absolute atomic E-state index is 0. The summed E-state index contributed by atoms with van der Waals surface area (Å²) in [5.74, 6) is 1.35. The van der Waals surface area contributed by atoms with Gasteiger partial charge in [-0.05, 0) is 56.0 Å². The number of methoxy groups -OCH3 is 1. The van der Waals surface area contributed by atoms with Gasteiger partial charge in [0.15, 0.2) is 5.65 Å². The molecule has 1 unspecified atom stereocenters. The Labute approximate surface area is 188 Å². The number of halogens is 1. The van der Waals surface area contributed by atoms with Crippen molar-refractivity contribution in [1.29, 1.82) is 0 Å². The Kier molecular flexibility index (Phi) is 6.60. The number of aromatic nitrogens is 4. The summed E-state index contributed by atoms with van der Waals surface area (Å²) in [6.07, 6.45) is 8.28. The Balaban J connectivity index is 0.00000231. The van der Waals surface area contributed by atoms with Crippen LogP contribution in [0.1, 0.15) is 30.4 Å². The Hall–Kier alpha value is -2.42. The third-order valence-electron chi connectivity index (χ3n) is 6.00.